The topological polar surface area (TPSA) is 64.3 Å². The minimum atomic E-state index is -0.420. The number of benzene rings is 1. The predicted octanol–water partition coefficient (Wildman–Crippen LogP) is 0.799. The molecule has 0 aliphatic carbocycles. The number of carbonyl (C=O) groups is 1. The number of halogens is 1. The number of ether oxygens (including phenoxy) is 1. The Morgan fingerprint density at radius 2 is 2.31 bits per heavy atom. The van der Waals surface area contributed by atoms with Gasteiger partial charge in [0.15, 0.2) is 6.61 Å². The van der Waals surface area contributed by atoms with E-state index in [4.69, 9.17) is 10.5 Å². The van der Waals surface area contributed by atoms with Crippen molar-refractivity contribution >= 4 is 5.91 Å². The first-order valence-electron chi connectivity index (χ1n) is 5.05. The van der Waals surface area contributed by atoms with Gasteiger partial charge < -0.3 is 15.8 Å². The summed E-state index contributed by atoms with van der Waals surface area (Å²) in [6.07, 6.45) is 0. The van der Waals surface area contributed by atoms with Crippen LogP contribution in [0.25, 0.3) is 0 Å². The molecule has 0 bridgehead atoms. The molecule has 1 aromatic rings. The van der Waals surface area contributed by atoms with Crippen LogP contribution in [-0.4, -0.2) is 19.1 Å². The molecule has 16 heavy (non-hydrogen) atoms. The Labute approximate surface area is 93.6 Å². The molecule has 0 saturated heterocycles. The van der Waals surface area contributed by atoms with Crippen molar-refractivity contribution in [1.82, 2.24) is 5.32 Å². The first-order chi connectivity index (χ1) is 7.67. The molecule has 0 aliphatic heterocycles. The summed E-state index contributed by atoms with van der Waals surface area (Å²) < 4.78 is 18.4. The number of rotatable bonds is 5. The van der Waals surface area contributed by atoms with Crippen molar-refractivity contribution < 1.29 is 13.9 Å². The van der Waals surface area contributed by atoms with E-state index < -0.39 is 5.82 Å². The minimum Gasteiger partial charge on any atom is -0.484 e. The van der Waals surface area contributed by atoms with Gasteiger partial charge in [-0.3, -0.25) is 4.79 Å². The lowest BCUT2D eigenvalue weighted by Gasteiger charge is -2.07. The number of hydrogen-bond donors (Lipinski definition) is 2. The molecule has 0 aliphatic rings. The highest BCUT2D eigenvalue weighted by Gasteiger charge is 2.04. The van der Waals surface area contributed by atoms with Crippen LogP contribution in [0.15, 0.2) is 18.2 Å². The lowest BCUT2D eigenvalue weighted by Crippen LogP contribution is -2.28. The van der Waals surface area contributed by atoms with Gasteiger partial charge in [0.2, 0.25) is 0 Å². The van der Waals surface area contributed by atoms with Crippen molar-refractivity contribution in [2.45, 2.75) is 13.5 Å². The van der Waals surface area contributed by atoms with Crippen molar-refractivity contribution in [3.63, 3.8) is 0 Å². The molecule has 3 N–H and O–H groups in total. The molecule has 0 heterocycles. The Bertz CT molecular complexity index is 369. The Kier molecular flexibility index (Phi) is 4.72. The van der Waals surface area contributed by atoms with E-state index in [1.165, 1.54) is 6.07 Å². The molecule has 0 fully saturated rings. The molecule has 1 rings (SSSR count). The molecular weight excluding hydrogens is 211 g/mol. The highest BCUT2D eigenvalue weighted by molar-refractivity contribution is 5.77. The van der Waals surface area contributed by atoms with Crippen LogP contribution < -0.4 is 15.8 Å². The van der Waals surface area contributed by atoms with Crippen LogP contribution >= 0.6 is 0 Å². The molecule has 0 atom stereocenters. The van der Waals surface area contributed by atoms with Crippen molar-refractivity contribution in [1.29, 1.82) is 0 Å². The Morgan fingerprint density at radius 1 is 1.56 bits per heavy atom. The molecule has 0 aromatic heterocycles. The smallest absolute Gasteiger partial charge is 0.257 e. The molecular formula is C11H15FN2O2. The van der Waals surface area contributed by atoms with Crippen molar-refractivity contribution in [2.24, 2.45) is 5.73 Å². The van der Waals surface area contributed by atoms with Crippen molar-refractivity contribution in [3.8, 4) is 5.75 Å². The van der Waals surface area contributed by atoms with Gasteiger partial charge >= 0.3 is 0 Å². The van der Waals surface area contributed by atoms with Crippen LogP contribution in [0.3, 0.4) is 0 Å². The van der Waals surface area contributed by atoms with Crippen LogP contribution in [0.4, 0.5) is 4.39 Å². The molecule has 88 valence electrons. The number of carbonyl (C=O) groups excluding carboxylic acids is 1. The Balaban J connectivity index is 2.55. The molecule has 1 aromatic carbocycles. The predicted molar refractivity (Wildman–Crippen MR) is 58.5 cm³/mol. The van der Waals surface area contributed by atoms with E-state index in [-0.39, 0.29) is 19.1 Å². The number of amides is 1. The third kappa shape index (κ3) is 3.51. The maximum absolute atomic E-state index is 13.3. The van der Waals surface area contributed by atoms with E-state index in [9.17, 15) is 9.18 Å². The average molecular weight is 226 g/mol. The first kappa shape index (κ1) is 12.4. The fourth-order valence-corrected chi connectivity index (χ4v) is 1.18. The highest BCUT2D eigenvalue weighted by atomic mass is 19.1. The van der Waals surface area contributed by atoms with Crippen LogP contribution in [-0.2, 0) is 11.3 Å². The number of likely N-dealkylation sites (N-methyl/N-ethyl adjacent to an activating group) is 1. The summed E-state index contributed by atoms with van der Waals surface area (Å²) in [5.74, 6) is -0.331. The van der Waals surface area contributed by atoms with E-state index >= 15 is 0 Å². The van der Waals surface area contributed by atoms with Gasteiger partial charge in [-0.2, -0.15) is 0 Å². The van der Waals surface area contributed by atoms with Crippen LogP contribution in [0.5, 0.6) is 5.75 Å². The molecule has 0 unspecified atom stereocenters. The van der Waals surface area contributed by atoms with E-state index in [0.717, 1.165) is 0 Å². The first-order valence-corrected chi connectivity index (χ1v) is 5.05. The standard InChI is InChI=1S/C11H15FN2O2/c1-2-14-11(15)7-16-9-4-3-8(6-13)10(12)5-9/h3-5H,2,6-7,13H2,1H3,(H,14,15). The fourth-order valence-electron chi connectivity index (χ4n) is 1.18. The van der Waals surface area contributed by atoms with Gasteiger partial charge in [-0.05, 0) is 13.0 Å². The lowest BCUT2D eigenvalue weighted by atomic mass is 10.2. The normalized spacial score (nSPS) is 9.94. The zero-order valence-electron chi connectivity index (χ0n) is 9.13. The van der Waals surface area contributed by atoms with Gasteiger partial charge in [0.1, 0.15) is 11.6 Å². The van der Waals surface area contributed by atoms with E-state index in [1.54, 1.807) is 12.1 Å². The molecule has 0 radical (unpaired) electrons. The van der Waals surface area contributed by atoms with E-state index in [0.29, 0.717) is 17.9 Å². The highest BCUT2D eigenvalue weighted by Crippen LogP contribution is 2.16. The summed E-state index contributed by atoms with van der Waals surface area (Å²) in [5, 5.41) is 2.58. The Hall–Kier alpha value is -1.62. The second-order valence-electron chi connectivity index (χ2n) is 3.20. The summed E-state index contributed by atoms with van der Waals surface area (Å²) in [4.78, 5) is 11.1. The summed E-state index contributed by atoms with van der Waals surface area (Å²) in [5.41, 5.74) is 5.74. The monoisotopic (exact) mass is 226 g/mol. The van der Waals surface area contributed by atoms with Crippen LogP contribution in [0.2, 0.25) is 0 Å². The van der Waals surface area contributed by atoms with E-state index in [2.05, 4.69) is 5.32 Å². The van der Waals surface area contributed by atoms with Gasteiger partial charge in [0.05, 0.1) is 0 Å². The minimum absolute atomic E-state index is 0.116. The van der Waals surface area contributed by atoms with Crippen molar-refractivity contribution in [3.05, 3.63) is 29.6 Å². The van der Waals surface area contributed by atoms with Crippen molar-refractivity contribution in [2.75, 3.05) is 13.2 Å². The van der Waals surface area contributed by atoms with Gasteiger partial charge in [-0.1, -0.05) is 6.07 Å². The third-order valence-electron chi connectivity index (χ3n) is 1.99. The van der Waals surface area contributed by atoms with Crippen LogP contribution in [0, 0.1) is 5.82 Å². The number of nitrogens with two attached hydrogens (primary N) is 1. The zero-order valence-corrected chi connectivity index (χ0v) is 9.13. The maximum Gasteiger partial charge on any atom is 0.257 e. The second kappa shape index (κ2) is 6.07. The van der Waals surface area contributed by atoms with Gasteiger partial charge in [0, 0.05) is 24.7 Å². The van der Waals surface area contributed by atoms with Gasteiger partial charge in [-0.15, -0.1) is 0 Å². The molecule has 1 amide bonds. The quantitative estimate of drug-likeness (QED) is 0.780. The Morgan fingerprint density at radius 3 is 2.88 bits per heavy atom. The second-order valence-corrected chi connectivity index (χ2v) is 3.20. The molecule has 0 spiro atoms. The van der Waals surface area contributed by atoms with Crippen LogP contribution in [0.1, 0.15) is 12.5 Å². The lowest BCUT2D eigenvalue weighted by molar-refractivity contribution is -0.122. The van der Waals surface area contributed by atoms with E-state index in [1.807, 2.05) is 6.92 Å². The van der Waals surface area contributed by atoms with Gasteiger partial charge in [0.25, 0.3) is 5.91 Å². The SMILES string of the molecule is CCNC(=O)COc1ccc(CN)c(F)c1. The summed E-state index contributed by atoms with van der Waals surface area (Å²) in [6.45, 7) is 2.38. The molecule has 4 nitrogen and oxygen atoms in total. The summed E-state index contributed by atoms with van der Waals surface area (Å²) >= 11 is 0. The summed E-state index contributed by atoms with van der Waals surface area (Å²) in [7, 11) is 0. The third-order valence-corrected chi connectivity index (χ3v) is 1.99. The summed E-state index contributed by atoms with van der Waals surface area (Å²) in [6, 6.07) is 4.36. The van der Waals surface area contributed by atoms with Gasteiger partial charge in [-0.25, -0.2) is 4.39 Å². The number of hydrogen-bond acceptors (Lipinski definition) is 3. The zero-order chi connectivity index (χ0) is 12.0. The average Bonchev–Trinajstić information content (AvgIpc) is 2.27. The largest absolute Gasteiger partial charge is 0.484 e. The molecule has 5 heteroatoms. The molecule has 0 saturated carbocycles. The maximum atomic E-state index is 13.3. The number of nitrogens with one attached hydrogen (secondary N) is 1. The fraction of sp³-hybridized carbons (Fsp3) is 0.364.